The Hall–Kier alpha value is -4.61. The van der Waals surface area contributed by atoms with Crippen molar-refractivity contribution < 1.29 is 29.0 Å². The minimum Gasteiger partial charge on any atom is -0.508 e. The van der Waals surface area contributed by atoms with Crippen molar-refractivity contribution in [3.8, 4) is 5.75 Å². The van der Waals surface area contributed by atoms with E-state index < -0.39 is 24.1 Å². The number of nitrogens with zero attached hydrogens (tertiary/aromatic N) is 1. The summed E-state index contributed by atoms with van der Waals surface area (Å²) in [4.78, 5) is 40.5. The zero-order chi connectivity index (χ0) is 29.3. The lowest BCUT2D eigenvalue weighted by Crippen LogP contribution is -2.44. The number of carbonyl (C=O) groups is 3. The first kappa shape index (κ1) is 33.6. The molecule has 224 valence electrons. The van der Waals surface area contributed by atoms with E-state index in [1.165, 1.54) is 0 Å². The summed E-state index contributed by atoms with van der Waals surface area (Å²) in [6.07, 6.45) is -0.174. The summed E-state index contributed by atoms with van der Waals surface area (Å²) in [5.41, 5.74) is 8.15. The van der Waals surface area contributed by atoms with Crippen molar-refractivity contribution >= 4 is 36.5 Å². The number of phenols is 1. The van der Waals surface area contributed by atoms with Crippen molar-refractivity contribution in [3.05, 3.63) is 102 Å². The van der Waals surface area contributed by atoms with E-state index in [1.807, 2.05) is 72.8 Å². The monoisotopic (exact) mass is 597 g/mol. The Morgan fingerprint density at radius 3 is 2.00 bits per heavy atom. The molecule has 12 heteroatoms. The molecule has 0 bridgehead atoms. The first-order chi connectivity index (χ1) is 19.9. The molecule has 0 aliphatic rings. The smallest absolute Gasteiger partial charge is 0.437 e. The van der Waals surface area contributed by atoms with Crippen molar-refractivity contribution in [1.82, 2.24) is 16.0 Å². The van der Waals surface area contributed by atoms with Gasteiger partial charge in [-0.3, -0.25) is 10.1 Å². The fourth-order valence-corrected chi connectivity index (χ4v) is 3.72. The molecule has 3 rings (SSSR count). The highest BCUT2D eigenvalue weighted by Gasteiger charge is 2.15. The Morgan fingerprint density at radius 2 is 1.40 bits per heavy atom. The van der Waals surface area contributed by atoms with Crippen molar-refractivity contribution in [2.75, 3.05) is 13.1 Å². The quantitative estimate of drug-likeness (QED) is 0.113. The van der Waals surface area contributed by atoms with E-state index in [2.05, 4.69) is 20.9 Å². The molecule has 3 aromatic carbocycles. The van der Waals surface area contributed by atoms with E-state index in [-0.39, 0.29) is 43.9 Å². The van der Waals surface area contributed by atoms with Gasteiger partial charge in [-0.05, 0) is 54.6 Å². The number of rotatable bonds is 13. The lowest BCUT2D eigenvalue weighted by Gasteiger charge is -2.16. The lowest BCUT2D eigenvalue weighted by atomic mass is 10.1. The zero-order valence-electron chi connectivity index (χ0n) is 23.0. The van der Waals surface area contributed by atoms with Crippen LogP contribution in [0.15, 0.2) is 89.9 Å². The fraction of sp³-hybridized carbons (Fsp3) is 0.267. The van der Waals surface area contributed by atoms with Crippen LogP contribution in [-0.2, 0) is 33.9 Å². The topological polar surface area (TPSA) is 164 Å². The highest BCUT2D eigenvalue weighted by Crippen LogP contribution is 2.10. The number of phenolic OH excluding ortho intramolecular Hbond substituents is 1. The summed E-state index contributed by atoms with van der Waals surface area (Å²) in [6, 6.07) is 24.5. The molecule has 0 saturated heterocycles. The van der Waals surface area contributed by atoms with Gasteiger partial charge in [-0.15, -0.1) is 17.4 Å². The number of primary amides is 1. The number of hydrogen-bond donors (Lipinski definition) is 5. The van der Waals surface area contributed by atoms with Gasteiger partial charge >= 0.3 is 12.2 Å². The summed E-state index contributed by atoms with van der Waals surface area (Å²) in [5, 5.41) is 17.9. The van der Waals surface area contributed by atoms with E-state index in [9.17, 15) is 19.5 Å². The number of hydrogen-bond acceptors (Lipinski definition) is 7. The molecule has 0 radical (unpaired) electrons. The SMILES string of the molecule is Cl.NC(=O)[C@@H](CCCNC(=NC(=O)OCc1ccccc1)NC(=O)OCc1ccccc1)NCCc1ccc(O)cc1. The fourth-order valence-electron chi connectivity index (χ4n) is 3.72. The Bertz CT molecular complexity index is 1280. The maximum atomic E-state index is 12.4. The number of ether oxygens (including phenoxy) is 2. The van der Waals surface area contributed by atoms with Crippen LogP contribution in [0, 0.1) is 0 Å². The molecule has 0 aliphatic carbocycles. The van der Waals surface area contributed by atoms with Gasteiger partial charge in [0.15, 0.2) is 0 Å². The first-order valence-electron chi connectivity index (χ1n) is 13.2. The molecular weight excluding hydrogens is 562 g/mol. The molecule has 0 unspecified atom stereocenters. The second-order valence-corrected chi connectivity index (χ2v) is 9.08. The average molecular weight is 598 g/mol. The summed E-state index contributed by atoms with van der Waals surface area (Å²) < 4.78 is 10.4. The number of aromatic hydroxyl groups is 1. The predicted octanol–water partition coefficient (Wildman–Crippen LogP) is 3.79. The minimum atomic E-state index is -0.898. The maximum Gasteiger partial charge on any atom is 0.437 e. The van der Waals surface area contributed by atoms with Gasteiger partial charge in [0, 0.05) is 6.54 Å². The Morgan fingerprint density at radius 1 is 0.810 bits per heavy atom. The Labute approximate surface area is 250 Å². The number of guanidine groups is 1. The van der Waals surface area contributed by atoms with E-state index in [0.29, 0.717) is 25.8 Å². The largest absolute Gasteiger partial charge is 0.508 e. The molecule has 0 aromatic heterocycles. The number of amides is 3. The van der Waals surface area contributed by atoms with Gasteiger partial charge in [0.2, 0.25) is 11.9 Å². The van der Waals surface area contributed by atoms with Crippen LogP contribution in [0.1, 0.15) is 29.5 Å². The summed E-state index contributed by atoms with van der Waals surface area (Å²) in [6.45, 7) is 0.841. The molecular formula is C30H36ClN5O6. The van der Waals surface area contributed by atoms with E-state index >= 15 is 0 Å². The van der Waals surface area contributed by atoms with Crippen LogP contribution in [0.25, 0.3) is 0 Å². The van der Waals surface area contributed by atoms with Gasteiger partial charge in [-0.2, -0.15) is 0 Å². The van der Waals surface area contributed by atoms with Crippen LogP contribution in [0.3, 0.4) is 0 Å². The molecule has 3 amide bonds. The molecule has 0 spiro atoms. The third-order valence-electron chi connectivity index (χ3n) is 5.89. The summed E-state index contributed by atoms with van der Waals surface area (Å²) in [5.74, 6) is -0.440. The van der Waals surface area contributed by atoms with Gasteiger partial charge < -0.3 is 30.9 Å². The highest BCUT2D eigenvalue weighted by atomic mass is 35.5. The Kier molecular flexibility index (Phi) is 14.9. The van der Waals surface area contributed by atoms with Gasteiger partial charge in [-0.1, -0.05) is 72.8 Å². The van der Waals surface area contributed by atoms with Gasteiger partial charge in [0.1, 0.15) is 19.0 Å². The predicted molar refractivity (Wildman–Crippen MR) is 161 cm³/mol. The van der Waals surface area contributed by atoms with Crippen molar-refractivity contribution in [1.29, 1.82) is 0 Å². The summed E-state index contributed by atoms with van der Waals surface area (Å²) in [7, 11) is 0. The number of carbonyl (C=O) groups excluding carboxylic acids is 3. The van der Waals surface area contributed by atoms with Crippen LogP contribution in [0.5, 0.6) is 5.75 Å². The standard InChI is InChI=1S/C30H35N5O6.ClH/c31-27(37)26(32-19-17-22-13-15-25(36)16-14-22)12-7-18-33-28(34-29(38)40-20-23-8-3-1-4-9-23)35-30(39)41-21-24-10-5-2-6-11-24;/h1-6,8-11,13-16,26,32,36H,7,12,17-21H2,(H2,31,37)(H2,33,34,35,38,39);1H/t26-;/m1./s1. The number of benzene rings is 3. The third kappa shape index (κ3) is 13.2. The molecule has 0 saturated carbocycles. The Balaban J connectivity index is 0.00000616. The van der Waals surface area contributed by atoms with Crippen LogP contribution in [-0.4, -0.2) is 48.3 Å². The summed E-state index contributed by atoms with van der Waals surface area (Å²) >= 11 is 0. The minimum absolute atomic E-state index is 0. The van der Waals surface area contributed by atoms with Crippen LogP contribution in [0.2, 0.25) is 0 Å². The molecule has 6 N–H and O–H groups in total. The molecule has 0 aliphatic heterocycles. The van der Waals surface area contributed by atoms with E-state index in [4.69, 9.17) is 15.2 Å². The zero-order valence-corrected chi connectivity index (χ0v) is 23.8. The van der Waals surface area contributed by atoms with Gasteiger partial charge in [0.05, 0.1) is 6.04 Å². The second kappa shape index (κ2) is 18.7. The molecule has 1 atom stereocenters. The number of halogens is 1. The highest BCUT2D eigenvalue weighted by molar-refractivity contribution is 5.98. The van der Waals surface area contributed by atoms with Crippen LogP contribution >= 0.6 is 12.4 Å². The molecule has 0 fully saturated rings. The number of alkyl carbamates (subject to hydrolysis) is 1. The van der Waals surface area contributed by atoms with Crippen molar-refractivity contribution in [2.45, 2.75) is 38.5 Å². The van der Waals surface area contributed by atoms with E-state index in [1.54, 1.807) is 12.1 Å². The lowest BCUT2D eigenvalue weighted by molar-refractivity contribution is -0.120. The maximum absolute atomic E-state index is 12.4. The van der Waals surface area contributed by atoms with Gasteiger partial charge in [-0.25, -0.2) is 9.59 Å². The first-order valence-corrected chi connectivity index (χ1v) is 13.2. The number of nitrogens with two attached hydrogens (primary N) is 1. The van der Waals surface area contributed by atoms with Crippen LogP contribution < -0.4 is 21.7 Å². The van der Waals surface area contributed by atoms with Gasteiger partial charge in [0.25, 0.3) is 0 Å². The average Bonchev–Trinajstić information content (AvgIpc) is 2.98. The van der Waals surface area contributed by atoms with Crippen molar-refractivity contribution in [3.63, 3.8) is 0 Å². The molecule has 0 heterocycles. The normalized spacial score (nSPS) is 11.5. The number of nitrogens with one attached hydrogen (secondary N) is 3. The number of aliphatic imine (C=N–C) groups is 1. The molecule has 42 heavy (non-hydrogen) atoms. The molecule has 11 nitrogen and oxygen atoms in total. The van der Waals surface area contributed by atoms with Crippen LogP contribution in [0.4, 0.5) is 9.59 Å². The van der Waals surface area contributed by atoms with E-state index in [0.717, 1.165) is 16.7 Å². The third-order valence-corrected chi connectivity index (χ3v) is 5.89. The second-order valence-electron chi connectivity index (χ2n) is 9.08. The van der Waals surface area contributed by atoms with Crippen molar-refractivity contribution in [2.24, 2.45) is 10.7 Å². The molecule has 3 aromatic rings.